The third-order valence-corrected chi connectivity index (χ3v) is 11.2. The Bertz CT molecular complexity index is 1190. The lowest BCUT2D eigenvalue weighted by atomic mass is 10.0. The van der Waals surface area contributed by atoms with Gasteiger partial charge >= 0.3 is 17.9 Å². The molecule has 0 radical (unpaired) electrons. The molecule has 0 aromatic heterocycles. The third kappa shape index (κ3) is 49.7. The van der Waals surface area contributed by atoms with Crippen LogP contribution in [0.3, 0.4) is 0 Å². The summed E-state index contributed by atoms with van der Waals surface area (Å²) in [7, 11) is 0. The van der Waals surface area contributed by atoms with Crippen LogP contribution in [0, 0.1) is 0 Å². The van der Waals surface area contributed by atoms with Gasteiger partial charge in [-0.2, -0.15) is 0 Å². The molecule has 0 spiro atoms. The molecule has 0 rings (SSSR count). The molecule has 0 N–H and O–H groups in total. The van der Waals surface area contributed by atoms with Crippen LogP contribution >= 0.6 is 0 Å². The number of rotatable bonds is 47. The summed E-state index contributed by atoms with van der Waals surface area (Å²) in [6.45, 7) is 6.44. The molecule has 0 fully saturated rings. The van der Waals surface area contributed by atoms with Gasteiger partial charge in [0, 0.05) is 19.3 Å². The van der Waals surface area contributed by atoms with Crippen molar-refractivity contribution in [3.8, 4) is 0 Å². The van der Waals surface area contributed by atoms with Gasteiger partial charge in [-0.25, -0.2) is 0 Å². The van der Waals surface area contributed by atoms with E-state index in [1.54, 1.807) is 0 Å². The van der Waals surface area contributed by atoms with E-state index in [-0.39, 0.29) is 31.6 Å². The summed E-state index contributed by atoms with van der Waals surface area (Å²) >= 11 is 0. The third-order valence-electron chi connectivity index (χ3n) is 11.2. The predicted octanol–water partition coefficient (Wildman–Crippen LogP) is 17.4. The molecule has 0 saturated carbocycles. The largest absolute Gasteiger partial charge is 0.462 e. The molecule has 6 nitrogen and oxygen atoms in total. The van der Waals surface area contributed by atoms with E-state index in [4.69, 9.17) is 14.2 Å². The summed E-state index contributed by atoms with van der Waals surface area (Å²) < 4.78 is 16.7. The van der Waals surface area contributed by atoms with Gasteiger partial charge in [0.1, 0.15) is 13.2 Å². The number of allylic oxidation sites excluding steroid dienone is 12. The van der Waals surface area contributed by atoms with Gasteiger partial charge in [0.15, 0.2) is 6.10 Å². The lowest BCUT2D eigenvalue weighted by Gasteiger charge is -2.18. The second-order valence-corrected chi connectivity index (χ2v) is 17.4. The molecule has 0 aromatic rings. The fourth-order valence-corrected chi connectivity index (χ4v) is 7.25. The quantitative estimate of drug-likeness (QED) is 0.0262. The molecule has 0 aliphatic rings. The zero-order valence-electron chi connectivity index (χ0n) is 41.3. The molecule has 1 unspecified atom stereocenters. The maximum atomic E-state index is 12.8. The van der Waals surface area contributed by atoms with Crippen LogP contribution in [0.1, 0.15) is 252 Å². The Morgan fingerprint density at radius 2 is 0.651 bits per heavy atom. The fourth-order valence-electron chi connectivity index (χ4n) is 7.25. The standard InChI is InChI=1S/C57H98O6/c1-4-7-10-13-16-19-22-25-27-29-31-32-35-38-41-44-47-50-56(59)62-53-54(52-61-55(58)49-46-43-40-37-34-24-21-18-15-12-9-6-3)63-57(60)51-48-45-42-39-36-33-30-28-26-23-20-17-14-11-8-5-2/h8,11,17-18,20-21,26,28,33,36,42,45,54H,4-7,9-10,12-16,19,22-25,27,29-32,34-35,37-41,43-44,46-53H2,1-3H3/b11-8-,20-17-,21-18-,28-26-,36-33-,45-42-. The van der Waals surface area contributed by atoms with Crippen molar-refractivity contribution in [3.63, 3.8) is 0 Å². The number of carbonyl (C=O) groups is 3. The minimum Gasteiger partial charge on any atom is -0.462 e. The molecule has 0 bridgehead atoms. The second-order valence-electron chi connectivity index (χ2n) is 17.4. The number of esters is 3. The Balaban J connectivity index is 4.46. The normalized spacial score (nSPS) is 12.6. The minimum atomic E-state index is -0.815. The van der Waals surface area contributed by atoms with Gasteiger partial charge in [0.25, 0.3) is 0 Å². The lowest BCUT2D eigenvalue weighted by Crippen LogP contribution is -2.30. The van der Waals surface area contributed by atoms with Gasteiger partial charge in [-0.1, -0.05) is 229 Å². The van der Waals surface area contributed by atoms with Gasteiger partial charge in [0.05, 0.1) is 0 Å². The Hall–Kier alpha value is -3.15. The number of ether oxygens (including phenoxy) is 3. The molecular weight excluding hydrogens is 781 g/mol. The van der Waals surface area contributed by atoms with E-state index >= 15 is 0 Å². The monoisotopic (exact) mass is 879 g/mol. The predicted molar refractivity (Wildman–Crippen MR) is 270 cm³/mol. The van der Waals surface area contributed by atoms with Crippen molar-refractivity contribution in [1.29, 1.82) is 0 Å². The zero-order valence-corrected chi connectivity index (χ0v) is 41.3. The highest BCUT2D eigenvalue weighted by molar-refractivity contribution is 5.71. The van der Waals surface area contributed by atoms with Gasteiger partial charge in [0.2, 0.25) is 0 Å². The highest BCUT2D eigenvalue weighted by Crippen LogP contribution is 2.15. The molecule has 0 aliphatic carbocycles. The smallest absolute Gasteiger partial charge is 0.306 e. The first-order valence-electron chi connectivity index (χ1n) is 26.4. The van der Waals surface area contributed by atoms with Crippen LogP contribution in [-0.4, -0.2) is 37.2 Å². The van der Waals surface area contributed by atoms with E-state index in [9.17, 15) is 14.4 Å². The van der Waals surface area contributed by atoms with Crippen molar-refractivity contribution < 1.29 is 28.6 Å². The van der Waals surface area contributed by atoms with Crippen molar-refractivity contribution in [2.24, 2.45) is 0 Å². The average molecular weight is 879 g/mol. The number of hydrogen-bond donors (Lipinski definition) is 0. The summed E-state index contributed by atoms with van der Waals surface area (Å²) in [5.41, 5.74) is 0. The molecule has 362 valence electrons. The van der Waals surface area contributed by atoms with Gasteiger partial charge in [-0.05, 0) is 77.0 Å². The molecule has 0 aromatic carbocycles. The first kappa shape index (κ1) is 59.9. The minimum absolute atomic E-state index is 0.106. The Kier molecular flexibility index (Phi) is 48.9. The van der Waals surface area contributed by atoms with Crippen LogP contribution in [0.5, 0.6) is 0 Å². The van der Waals surface area contributed by atoms with E-state index in [2.05, 4.69) is 81.5 Å². The van der Waals surface area contributed by atoms with Crippen LogP contribution in [-0.2, 0) is 28.6 Å². The molecule has 1 atom stereocenters. The van der Waals surface area contributed by atoms with E-state index in [0.29, 0.717) is 19.3 Å². The van der Waals surface area contributed by atoms with Crippen LogP contribution in [0.2, 0.25) is 0 Å². The van der Waals surface area contributed by atoms with Gasteiger partial charge in [-0.3, -0.25) is 14.4 Å². The highest BCUT2D eigenvalue weighted by atomic mass is 16.6. The van der Waals surface area contributed by atoms with Crippen molar-refractivity contribution >= 4 is 17.9 Å². The average Bonchev–Trinajstić information content (AvgIpc) is 3.28. The maximum Gasteiger partial charge on any atom is 0.306 e. The van der Waals surface area contributed by atoms with Crippen molar-refractivity contribution in [3.05, 3.63) is 72.9 Å². The Morgan fingerprint density at radius 1 is 0.333 bits per heavy atom. The fraction of sp³-hybridized carbons (Fsp3) is 0.737. The molecule has 6 heteroatoms. The SMILES string of the molecule is CC/C=C\C/C=C\C/C=C\C/C=C\C/C=C\CCC(=O)OC(COC(=O)CCCCCCC/C=C\CCCCC)COC(=O)CCCCCCCCCCCCCCCCCCC. The Morgan fingerprint density at radius 3 is 1.06 bits per heavy atom. The number of unbranched alkanes of at least 4 members (excludes halogenated alkanes) is 24. The first-order chi connectivity index (χ1) is 31.0. The topological polar surface area (TPSA) is 78.9 Å². The maximum absolute atomic E-state index is 12.8. The number of hydrogen-bond acceptors (Lipinski definition) is 6. The molecule has 0 saturated heterocycles. The van der Waals surface area contributed by atoms with Gasteiger partial charge in [-0.15, -0.1) is 0 Å². The van der Waals surface area contributed by atoms with Gasteiger partial charge < -0.3 is 14.2 Å². The summed E-state index contributed by atoms with van der Waals surface area (Å²) in [5.74, 6) is -0.995. The second kappa shape index (κ2) is 51.5. The molecule has 0 amide bonds. The zero-order chi connectivity index (χ0) is 45.8. The van der Waals surface area contributed by atoms with Crippen LogP contribution in [0.15, 0.2) is 72.9 Å². The lowest BCUT2D eigenvalue weighted by molar-refractivity contribution is -0.166. The van der Waals surface area contributed by atoms with E-state index in [1.165, 1.54) is 122 Å². The van der Waals surface area contributed by atoms with Crippen molar-refractivity contribution in [1.82, 2.24) is 0 Å². The van der Waals surface area contributed by atoms with Crippen molar-refractivity contribution in [2.45, 2.75) is 258 Å². The summed E-state index contributed by atoms with van der Waals surface area (Å²) in [6.07, 6.45) is 64.7. The van der Waals surface area contributed by atoms with Crippen molar-refractivity contribution in [2.75, 3.05) is 13.2 Å². The van der Waals surface area contributed by atoms with Crippen LogP contribution < -0.4 is 0 Å². The van der Waals surface area contributed by atoms with Crippen LogP contribution in [0.4, 0.5) is 0 Å². The molecule has 0 aliphatic heterocycles. The first-order valence-corrected chi connectivity index (χ1v) is 26.4. The van der Waals surface area contributed by atoms with Crippen LogP contribution in [0.25, 0.3) is 0 Å². The summed E-state index contributed by atoms with van der Waals surface area (Å²) in [4.78, 5) is 37.9. The molecular formula is C57H98O6. The number of carbonyl (C=O) groups excluding carboxylic acids is 3. The highest BCUT2D eigenvalue weighted by Gasteiger charge is 2.19. The summed E-state index contributed by atoms with van der Waals surface area (Å²) in [6, 6.07) is 0. The Labute approximate surface area is 389 Å². The van der Waals surface area contributed by atoms with E-state index < -0.39 is 12.1 Å². The molecule has 0 heterocycles. The summed E-state index contributed by atoms with van der Waals surface area (Å²) in [5, 5.41) is 0. The molecule has 63 heavy (non-hydrogen) atoms. The van der Waals surface area contributed by atoms with E-state index in [0.717, 1.165) is 83.5 Å². The van der Waals surface area contributed by atoms with E-state index in [1.807, 2.05) is 12.2 Å².